The van der Waals surface area contributed by atoms with Crippen LogP contribution < -0.4 is 0 Å². The molecule has 3 nitrogen and oxygen atoms in total. The zero-order valence-corrected chi connectivity index (χ0v) is 14.7. The summed E-state index contributed by atoms with van der Waals surface area (Å²) in [5.74, 6) is 0.350. The molecule has 1 aromatic heterocycles. The second-order valence-corrected chi connectivity index (χ2v) is 5.86. The van der Waals surface area contributed by atoms with Crippen molar-refractivity contribution >= 4 is 5.78 Å². The van der Waals surface area contributed by atoms with E-state index in [-0.39, 0.29) is 0 Å². The number of pyridine rings is 1. The zero-order valence-electron chi connectivity index (χ0n) is 14.7. The zero-order chi connectivity index (χ0) is 18.5. The van der Waals surface area contributed by atoms with Gasteiger partial charge in [-0.05, 0) is 36.1 Å². The van der Waals surface area contributed by atoms with Gasteiger partial charge < -0.3 is 0 Å². The molecule has 0 unspecified atom stereocenters. The maximum Gasteiger partial charge on any atom is 0.133 e. The van der Waals surface area contributed by atoms with E-state index >= 15 is 0 Å². The van der Waals surface area contributed by atoms with Gasteiger partial charge in [0, 0.05) is 25.2 Å². The lowest BCUT2D eigenvalue weighted by Crippen LogP contribution is -2.02. The van der Waals surface area contributed by atoms with Gasteiger partial charge in [-0.2, -0.15) is 5.26 Å². The maximum atomic E-state index is 11.8. The third-order valence-electron chi connectivity index (χ3n) is 3.88. The van der Waals surface area contributed by atoms with Crippen LogP contribution >= 0.6 is 0 Å². The Hall–Kier alpha value is -3.25. The number of aryl methyl sites for hydroxylation is 2. The molecule has 0 saturated carbocycles. The average molecular weight is 342 g/mol. The SMILES string of the molecule is N#Cc1ccncc1.O=C(CCc1ccccc1)CCc1ccccc1. The lowest BCUT2D eigenvalue weighted by Gasteiger charge is -2.02. The van der Waals surface area contributed by atoms with Crippen molar-refractivity contribution in [2.45, 2.75) is 25.7 Å². The van der Waals surface area contributed by atoms with Gasteiger partial charge in [-0.1, -0.05) is 60.7 Å². The van der Waals surface area contributed by atoms with E-state index in [1.165, 1.54) is 11.1 Å². The molecule has 2 aromatic carbocycles. The second-order valence-electron chi connectivity index (χ2n) is 5.86. The Morgan fingerprint density at radius 2 is 1.23 bits per heavy atom. The minimum Gasteiger partial charge on any atom is -0.300 e. The van der Waals surface area contributed by atoms with Gasteiger partial charge >= 0.3 is 0 Å². The van der Waals surface area contributed by atoms with Gasteiger partial charge in [0.05, 0.1) is 11.6 Å². The third-order valence-corrected chi connectivity index (χ3v) is 3.88. The highest BCUT2D eigenvalue weighted by Gasteiger charge is 2.03. The van der Waals surface area contributed by atoms with Crippen LogP contribution in [0.4, 0.5) is 0 Å². The summed E-state index contributed by atoms with van der Waals surface area (Å²) in [5, 5.41) is 8.26. The van der Waals surface area contributed by atoms with Crippen LogP contribution in [0.3, 0.4) is 0 Å². The molecule has 3 heteroatoms. The number of benzene rings is 2. The number of hydrogen-bond donors (Lipinski definition) is 0. The minimum atomic E-state index is 0.350. The topological polar surface area (TPSA) is 53.8 Å². The Balaban J connectivity index is 0.000000254. The van der Waals surface area contributed by atoms with Gasteiger partial charge in [0.15, 0.2) is 0 Å². The molecule has 26 heavy (non-hydrogen) atoms. The fraction of sp³-hybridized carbons (Fsp3) is 0.174. The molecule has 3 rings (SSSR count). The average Bonchev–Trinajstić information content (AvgIpc) is 2.73. The molecule has 0 N–H and O–H groups in total. The summed E-state index contributed by atoms with van der Waals surface area (Å²) in [6.45, 7) is 0. The fourth-order valence-electron chi connectivity index (χ4n) is 2.41. The number of aromatic nitrogens is 1. The fourth-order valence-corrected chi connectivity index (χ4v) is 2.41. The first kappa shape index (κ1) is 19.1. The smallest absolute Gasteiger partial charge is 0.133 e. The van der Waals surface area contributed by atoms with Crippen molar-refractivity contribution in [3.63, 3.8) is 0 Å². The predicted molar refractivity (Wildman–Crippen MR) is 103 cm³/mol. The first-order chi connectivity index (χ1) is 12.8. The van der Waals surface area contributed by atoms with Crippen LogP contribution in [0.2, 0.25) is 0 Å². The number of rotatable bonds is 6. The number of Topliss-reactive ketones (excluding diaryl/α,β-unsaturated/α-hetero) is 1. The molecule has 0 amide bonds. The number of ketones is 1. The van der Waals surface area contributed by atoms with Crippen molar-refractivity contribution in [1.29, 1.82) is 5.26 Å². The highest BCUT2D eigenvalue weighted by Crippen LogP contribution is 2.07. The molecule has 0 aliphatic heterocycles. The standard InChI is InChI=1S/C17H18O.C6H4N2/c18-17(13-11-15-7-3-1-4-8-15)14-12-16-9-5-2-6-10-16;7-5-6-1-3-8-4-2-6/h1-10H,11-14H2;1-4H. The van der Waals surface area contributed by atoms with Crippen LogP contribution in [-0.2, 0) is 17.6 Å². The van der Waals surface area contributed by atoms with E-state index in [4.69, 9.17) is 5.26 Å². The maximum absolute atomic E-state index is 11.8. The number of nitrogens with zero attached hydrogens (tertiary/aromatic N) is 2. The number of hydrogen-bond acceptors (Lipinski definition) is 3. The van der Waals surface area contributed by atoms with Gasteiger partial charge in [0.25, 0.3) is 0 Å². The molecule has 130 valence electrons. The van der Waals surface area contributed by atoms with Crippen LogP contribution in [0.1, 0.15) is 29.5 Å². The molecular weight excluding hydrogens is 320 g/mol. The van der Waals surface area contributed by atoms with E-state index in [0.717, 1.165) is 12.8 Å². The van der Waals surface area contributed by atoms with E-state index < -0.39 is 0 Å². The van der Waals surface area contributed by atoms with E-state index in [1.807, 2.05) is 42.5 Å². The van der Waals surface area contributed by atoms with E-state index in [0.29, 0.717) is 24.2 Å². The second kappa shape index (κ2) is 11.3. The molecule has 0 radical (unpaired) electrons. The van der Waals surface area contributed by atoms with E-state index in [2.05, 4.69) is 29.2 Å². The minimum absolute atomic E-state index is 0.350. The van der Waals surface area contributed by atoms with Gasteiger partial charge in [-0.3, -0.25) is 9.78 Å². The summed E-state index contributed by atoms with van der Waals surface area (Å²) in [5.41, 5.74) is 3.14. The van der Waals surface area contributed by atoms with Crippen molar-refractivity contribution in [1.82, 2.24) is 4.98 Å². The molecule has 3 aromatic rings. The Kier molecular flexibility index (Phi) is 8.31. The molecule has 1 heterocycles. The molecule has 0 spiro atoms. The quantitative estimate of drug-likeness (QED) is 0.648. The van der Waals surface area contributed by atoms with Gasteiger partial charge in [-0.25, -0.2) is 0 Å². The van der Waals surface area contributed by atoms with Crippen LogP contribution in [0.5, 0.6) is 0 Å². The van der Waals surface area contributed by atoms with Gasteiger partial charge in [0.2, 0.25) is 0 Å². The van der Waals surface area contributed by atoms with Crippen LogP contribution in [-0.4, -0.2) is 10.8 Å². The van der Waals surface area contributed by atoms with Crippen molar-refractivity contribution in [3.8, 4) is 6.07 Å². The summed E-state index contributed by atoms with van der Waals surface area (Å²) in [7, 11) is 0. The number of nitriles is 1. The van der Waals surface area contributed by atoms with Crippen molar-refractivity contribution in [3.05, 3.63) is 102 Å². The largest absolute Gasteiger partial charge is 0.300 e. The number of carbonyl (C=O) groups excluding carboxylic acids is 1. The molecule has 0 aliphatic carbocycles. The summed E-state index contributed by atoms with van der Waals surface area (Å²) < 4.78 is 0. The van der Waals surface area contributed by atoms with E-state index in [1.54, 1.807) is 24.5 Å². The summed E-state index contributed by atoms with van der Waals surface area (Å²) in [6.07, 6.45) is 6.20. The molecule has 0 saturated heterocycles. The highest BCUT2D eigenvalue weighted by molar-refractivity contribution is 5.78. The summed E-state index contributed by atoms with van der Waals surface area (Å²) in [4.78, 5) is 15.5. The Morgan fingerprint density at radius 1 is 0.769 bits per heavy atom. The first-order valence-electron chi connectivity index (χ1n) is 8.67. The third kappa shape index (κ3) is 7.55. The predicted octanol–water partition coefficient (Wildman–Crippen LogP) is 4.77. The molecule has 0 aliphatic rings. The van der Waals surface area contributed by atoms with Crippen molar-refractivity contribution < 1.29 is 4.79 Å². The van der Waals surface area contributed by atoms with Crippen LogP contribution in [0.25, 0.3) is 0 Å². The van der Waals surface area contributed by atoms with Gasteiger partial charge in [0.1, 0.15) is 5.78 Å². The Bertz CT molecular complexity index is 764. The molecule has 0 bridgehead atoms. The molecule has 0 atom stereocenters. The lowest BCUT2D eigenvalue weighted by molar-refractivity contribution is -0.119. The van der Waals surface area contributed by atoms with Crippen LogP contribution in [0.15, 0.2) is 85.2 Å². The Labute approximate surface area is 155 Å². The molecule has 0 fully saturated rings. The number of carbonyl (C=O) groups is 1. The highest BCUT2D eigenvalue weighted by atomic mass is 16.1. The van der Waals surface area contributed by atoms with Crippen molar-refractivity contribution in [2.75, 3.05) is 0 Å². The Morgan fingerprint density at radius 3 is 1.62 bits per heavy atom. The summed E-state index contributed by atoms with van der Waals surface area (Å²) >= 11 is 0. The lowest BCUT2D eigenvalue weighted by atomic mass is 10.0. The van der Waals surface area contributed by atoms with Crippen LogP contribution in [0, 0.1) is 11.3 Å². The monoisotopic (exact) mass is 342 g/mol. The molecular formula is C23H22N2O. The summed E-state index contributed by atoms with van der Waals surface area (Å²) in [6, 6.07) is 25.7. The van der Waals surface area contributed by atoms with E-state index in [9.17, 15) is 4.79 Å². The normalized spacial score (nSPS) is 9.50. The van der Waals surface area contributed by atoms with Crippen molar-refractivity contribution in [2.24, 2.45) is 0 Å². The van der Waals surface area contributed by atoms with Gasteiger partial charge in [-0.15, -0.1) is 0 Å². The first-order valence-corrected chi connectivity index (χ1v) is 8.67.